The quantitative estimate of drug-likeness (QED) is 0.913. The molecule has 0 aliphatic rings. The van der Waals surface area contributed by atoms with Crippen LogP contribution in [0.25, 0.3) is 5.69 Å². The van der Waals surface area contributed by atoms with Crippen LogP contribution >= 0.6 is 0 Å². The van der Waals surface area contributed by atoms with Gasteiger partial charge in [-0.1, -0.05) is 13.8 Å². The summed E-state index contributed by atoms with van der Waals surface area (Å²) in [5, 5.41) is 0. The average Bonchev–Trinajstić information content (AvgIpc) is 2.88. The molecule has 1 aromatic heterocycles. The smallest absolute Gasteiger partial charge is 0.165 e. The number of nitrogens with zero attached hydrogens (tertiary/aromatic N) is 2. The molecule has 0 saturated carbocycles. The largest absolute Gasteiger partial charge is 0.494 e. The predicted molar refractivity (Wildman–Crippen MR) is 76.5 cm³/mol. The van der Waals surface area contributed by atoms with Crippen LogP contribution in [0.2, 0.25) is 0 Å². The van der Waals surface area contributed by atoms with Crippen molar-refractivity contribution in [3.63, 3.8) is 0 Å². The van der Waals surface area contributed by atoms with Crippen molar-refractivity contribution in [2.45, 2.75) is 26.3 Å². The van der Waals surface area contributed by atoms with E-state index in [1.54, 1.807) is 24.7 Å². The Kier molecular flexibility index (Phi) is 4.39. The lowest BCUT2D eigenvalue weighted by molar-refractivity contribution is 0.386. The van der Waals surface area contributed by atoms with Gasteiger partial charge >= 0.3 is 0 Å². The molecule has 0 aliphatic carbocycles. The number of benzene rings is 1. The van der Waals surface area contributed by atoms with E-state index in [4.69, 9.17) is 10.5 Å². The van der Waals surface area contributed by atoms with Gasteiger partial charge in [-0.15, -0.1) is 0 Å². The van der Waals surface area contributed by atoms with Gasteiger partial charge in [0.25, 0.3) is 0 Å². The third-order valence-corrected chi connectivity index (χ3v) is 3.19. The zero-order chi connectivity index (χ0) is 14.7. The molecule has 0 fully saturated rings. The van der Waals surface area contributed by atoms with Crippen LogP contribution in [0, 0.1) is 11.7 Å². The Labute approximate surface area is 118 Å². The number of hydrogen-bond acceptors (Lipinski definition) is 3. The number of ether oxygens (including phenoxy) is 1. The molecule has 1 atom stereocenters. The predicted octanol–water partition coefficient (Wildman–Crippen LogP) is 3.07. The lowest BCUT2D eigenvalue weighted by Gasteiger charge is -2.17. The number of imidazole rings is 1. The number of nitrogens with two attached hydrogens (primary N) is 1. The van der Waals surface area contributed by atoms with Crippen LogP contribution in [0.15, 0.2) is 30.7 Å². The van der Waals surface area contributed by atoms with Crippen molar-refractivity contribution >= 4 is 0 Å². The Morgan fingerprint density at radius 2 is 2.15 bits per heavy atom. The minimum atomic E-state index is -0.385. The van der Waals surface area contributed by atoms with E-state index < -0.39 is 0 Å². The molecule has 1 aromatic carbocycles. The molecule has 0 amide bonds. The van der Waals surface area contributed by atoms with Gasteiger partial charge in [0.1, 0.15) is 0 Å². The van der Waals surface area contributed by atoms with E-state index in [1.165, 1.54) is 13.2 Å². The molecule has 0 aliphatic heterocycles. The van der Waals surface area contributed by atoms with Gasteiger partial charge in [0.15, 0.2) is 11.6 Å². The normalized spacial score (nSPS) is 12.7. The van der Waals surface area contributed by atoms with Crippen molar-refractivity contribution in [1.82, 2.24) is 9.55 Å². The Hall–Kier alpha value is -1.88. The third kappa shape index (κ3) is 2.99. The summed E-state index contributed by atoms with van der Waals surface area (Å²) < 4.78 is 20.3. The fraction of sp³-hybridized carbons (Fsp3) is 0.400. The zero-order valence-electron chi connectivity index (χ0n) is 12.0. The number of rotatable bonds is 5. The van der Waals surface area contributed by atoms with E-state index in [-0.39, 0.29) is 17.6 Å². The fourth-order valence-corrected chi connectivity index (χ4v) is 2.22. The Morgan fingerprint density at radius 3 is 2.80 bits per heavy atom. The molecule has 5 heteroatoms. The fourth-order valence-electron chi connectivity index (χ4n) is 2.22. The highest BCUT2D eigenvalue weighted by Crippen LogP contribution is 2.25. The van der Waals surface area contributed by atoms with Crippen molar-refractivity contribution in [1.29, 1.82) is 0 Å². The highest BCUT2D eigenvalue weighted by molar-refractivity contribution is 5.41. The van der Waals surface area contributed by atoms with Crippen molar-refractivity contribution in [2.75, 3.05) is 7.11 Å². The first-order valence-electron chi connectivity index (χ1n) is 6.64. The molecular formula is C15H20FN3O. The van der Waals surface area contributed by atoms with Crippen molar-refractivity contribution in [2.24, 2.45) is 11.7 Å². The molecular weight excluding hydrogens is 257 g/mol. The summed E-state index contributed by atoms with van der Waals surface area (Å²) >= 11 is 0. The van der Waals surface area contributed by atoms with Gasteiger partial charge in [-0.05, 0) is 24.5 Å². The van der Waals surface area contributed by atoms with Gasteiger partial charge in [0.05, 0.1) is 31.0 Å². The molecule has 2 N–H and O–H groups in total. The number of aromatic nitrogens is 2. The summed E-state index contributed by atoms with van der Waals surface area (Å²) in [7, 11) is 1.45. The minimum Gasteiger partial charge on any atom is -0.494 e. The molecule has 0 spiro atoms. The van der Waals surface area contributed by atoms with Crippen LogP contribution in [0.3, 0.4) is 0 Å². The topological polar surface area (TPSA) is 53.1 Å². The molecule has 1 heterocycles. The maximum atomic E-state index is 13.5. The van der Waals surface area contributed by atoms with Gasteiger partial charge in [-0.25, -0.2) is 9.37 Å². The van der Waals surface area contributed by atoms with Gasteiger partial charge in [0, 0.05) is 12.1 Å². The SMILES string of the molecule is COc1cc(-n2cncc2C(N)CC(C)C)ccc1F. The van der Waals surface area contributed by atoms with E-state index >= 15 is 0 Å². The van der Waals surface area contributed by atoms with E-state index in [0.29, 0.717) is 5.92 Å². The van der Waals surface area contributed by atoms with Gasteiger partial charge < -0.3 is 15.0 Å². The number of halogens is 1. The third-order valence-electron chi connectivity index (χ3n) is 3.19. The lowest BCUT2D eigenvalue weighted by Crippen LogP contribution is -2.16. The summed E-state index contributed by atoms with van der Waals surface area (Å²) in [6, 6.07) is 4.60. The molecule has 108 valence electrons. The molecule has 2 aromatic rings. The van der Waals surface area contributed by atoms with E-state index in [0.717, 1.165) is 17.8 Å². The van der Waals surface area contributed by atoms with Crippen LogP contribution in [-0.2, 0) is 0 Å². The minimum absolute atomic E-state index is 0.103. The Morgan fingerprint density at radius 1 is 1.40 bits per heavy atom. The standard InChI is InChI=1S/C15H20FN3O/c1-10(2)6-13(17)14-8-18-9-19(14)11-4-5-12(16)15(7-11)20-3/h4-5,7-10,13H,6,17H2,1-3H3. The van der Waals surface area contributed by atoms with Crippen LogP contribution in [0.4, 0.5) is 4.39 Å². The van der Waals surface area contributed by atoms with Crippen LogP contribution in [0.1, 0.15) is 32.0 Å². The average molecular weight is 277 g/mol. The first-order chi connectivity index (χ1) is 9.52. The molecule has 0 saturated heterocycles. The highest BCUT2D eigenvalue weighted by atomic mass is 19.1. The van der Waals surface area contributed by atoms with Crippen molar-refractivity contribution < 1.29 is 9.13 Å². The lowest BCUT2D eigenvalue weighted by atomic mass is 10.0. The second kappa shape index (κ2) is 6.05. The monoisotopic (exact) mass is 277 g/mol. The molecule has 20 heavy (non-hydrogen) atoms. The van der Waals surface area contributed by atoms with Crippen LogP contribution in [-0.4, -0.2) is 16.7 Å². The second-order valence-corrected chi connectivity index (χ2v) is 5.24. The summed E-state index contributed by atoms with van der Waals surface area (Å²) in [6.07, 6.45) is 4.30. The van der Waals surface area contributed by atoms with Crippen LogP contribution in [0.5, 0.6) is 5.75 Å². The second-order valence-electron chi connectivity index (χ2n) is 5.24. The van der Waals surface area contributed by atoms with Crippen molar-refractivity contribution in [3.05, 3.63) is 42.2 Å². The number of methoxy groups -OCH3 is 1. The van der Waals surface area contributed by atoms with Gasteiger partial charge in [-0.2, -0.15) is 0 Å². The summed E-state index contributed by atoms with van der Waals surface area (Å²) in [5.41, 5.74) is 7.91. The molecule has 1 unspecified atom stereocenters. The summed E-state index contributed by atoms with van der Waals surface area (Å²) in [6.45, 7) is 4.25. The van der Waals surface area contributed by atoms with E-state index in [9.17, 15) is 4.39 Å². The summed E-state index contributed by atoms with van der Waals surface area (Å²) in [4.78, 5) is 4.15. The summed E-state index contributed by atoms with van der Waals surface area (Å²) in [5.74, 6) is 0.320. The number of hydrogen-bond donors (Lipinski definition) is 1. The van der Waals surface area contributed by atoms with E-state index in [1.807, 2.05) is 4.57 Å². The zero-order valence-corrected chi connectivity index (χ0v) is 12.0. The van der Waals surface area contributed by atoms with Crippen LogP contribution < -0.4 is 10.5 Å². The molecule has 0 radical (unpaired) electrons. The Balaban J connectivity index is 2.36. The maximum Gasteiger partial charge on any atom is 0.165 e. The highest BCUT2D eigenvalue weighted by Gasteiger charge is 2.15. The van der Waals surface area contributed by atoms with E-state index in [2.05, 4.69) is 18.8 Å². The first-order valence-corrected chi connectivity index (χ1v) is 6.64. The molecule has 0 bridgehead atoms. The maximum absolute atomic E-state index is 13.5. The first kappa shape index (κ1) is 14.5. The van der Waals surface area contributed by atoms with Gasteiger partial charge in [-0.3, -0.25) is 0 Å². The van der Waals surface area contributed by atoms with Gasteiger partial charge in [0.2, 0.25) is 0 Å². The van der Waals surface area contributed by atoms with Crippen molar-refractivity contribution in [3.8, 4) is 11.4 Å². The molecule has 4 nitrogen and oxygen atoms in total. The Bertz CT molecular complexity index is 580. The molecule has 2 rings (SSSR count).